The van der Waals surface area contributed by atoms with Crippen LogP contribution in [0.5, 0.6) is 0 Å². The van der Waals surface area contributed by atoms with Crippen molar-refractivity contribution >= 4 is 11.0 Å². The van der Waals surface area contributed by atoms with Gasteiger partial charge in [-0.1, -0.05) is 19.9 Å². The average Bonchev–Trinajstić information content (AvgIpc) is 2.43. The van der Waals surface area contributed by atoms with Crippen LogP contribution in [0.15, 0.2) is 30.6 Å². The number of likely N-dealkylation sites (N-methyl/N-ethyl adjacent to an activating group) is 1. The normalized spacial score (nSPS) is 11.7. The summed E-state index contributed by atoms with van der Waals surface area (Å²) >= 11 is 0. The van der Waals surface area contributed by atoms with Crippen LogP contribution in [0.4, 0.5) is 0 Å². The first-order valence-electron chi connectivity index (χ1n) is 7.24. The molecular weight excluding hydrogens is 248 g/mol. The van der Waals surface area contributed by atoms with E-state index in [4.69, 9.17) is 0 Å². The van der Waals surface area contributed by atoms with Gasteiger partial charge in [-0.15, -0.1) is 0 Å². The molecule has 4 heteroatoms. The van der Waals surface area contributed by atoms with Crippen LogP contribution in [0.1, 0.15) is 19.4 Å². The van der Waals surface area contributed by atoms with Crippen molar-refractivity contribution in [2.24, 2.45) is 5.92 Å². The third kappa shape index (κ3) is 4.54. The minimum Gasteiger partial charge on any atom is -0.315 e. The Morgan fingerprint density at radius 1 is 1.15 bits per heavy atom. The SMILES string of the molecule is CC(C)CNCCN(C)Cc1ccc2nccnc2c1. The quantitative estimate of drug-likeness (QED) is 0.785. The zero-order chi connectivity index (χ0) is 14.4. The third-order valence-electron chi connectivity index (χ3n) is 3.21. The number of aromatic nitrogens is 2. The maximum atomic E-state index is 4.35. The minimum atomic E-state index is 0.708. The largest absolute Gasteiger partial charge is 0.315 e. The molecule has 1 N–H and O–H groups in total. The Morgan fingerprint density at radius 2 is 1.90 bits per heavy atom. The molecule has 2 aromatic rings. The molecular formula is C16H24N4. The molecule has 1 aromatic heterocycles. The van der Waals surface area contributed by atoms with E-state index in [2.05, 4.69) is 53.2 Å². The summed E-state index contributed by atoms with van der Waals surface area (Å²) in [5.74, 6) is 0.708. The van der Waals surface area contributed by atoms with E-state index < -0.39 is 0 Å². The van der Waals surface area contributed by atoms with Crippen LogP contribution in [0.25, 0.3) is 11.0 Å². The van der Waals surface area contributed by atoms with Crippen molar-refractivity contribution in [1.82, 2.24) is 20.2 Å². The Kier molecular flexibility index (Phi) is 5.44. The minimum absolute atomic E-state index is 0.708. The van der Waals surface area contributed by atoms with Crippen molar-refractivity contribution < 1.29 is 0 Å². The highest BCUT2D eigenvalue weighted by Crippen LogP contribution is 2.12. The molecule has 0 unspecified atom stereocenters. The molecule has 0 atom stereocenters. The Hall–Kier alpha value is -1.52. The standard InChI is InChI=1S/C16H24N4/c1-13(2)11-17-8-9-20(3)12-14-4-5-15-16(10-14)19-7-6-18-15/h4-7,10,13,17H,8-9,11-12H2,1-3H3. The lowest BCUT2D eigenvalue weighted by Gasteiger charge is -2.17. The zero-order valence-electron chi connectivity index (χ0n) is 12.6. The van der Waals surface area contributed by atoms with Gasteiger partial charge in [0.15, 0.2) is 0 Å². The highest BCUT2D eigenvalue weighted by molar-refractivity contribution is 5.74. The molecule has 1 aromatic carbocycles. The summed E-state index contributed by atoms with van der Waals surface area (Å²) in [7, 11) is 2.15. The van der Waals surface area contributed by atoms with Crippen molar-refractivity contribution in [2.75, 3.05) is 26.7 Å². The van der Waals surface area contributed by atoms with Gasteiger partial charge in [0, 0.05) is 32.0 Å². The topological polar surface area (TPSA) is 41.0 Å². The summed E-state index contributed by atoms with van der Waals surface area (Å²) in [6.07, 6.45) is 3.47. The summed E-state index contributed by atoms with van der Waals surface area (Å²) < 4.78 is 0. The summed E-state index contributed by atoms with van der Waals surface area (Å²) in [5.41, 5.74) is 3.21. The molecule has 108 valence electrons. The first-order valence-corrected chi connectivity index (χ1v) is 7.24. The Labute approximate surface area is 121 Å². The van der Waals surface area contributed by atoms with E-state index in [1.807, 2.05) is 6.07 Å². The predicted octanol–water partition coefficient (Wildman–Crippen LogP) is 2.31. The average molecular weight is 272 g/mol. The number of benzene rings is 1. The molecule has 20 heavy (non-hydrogen) atoms. The van der Waals surface area contributed by atoms with E-state index in [0.29, 0.717) is 5.92 Å². The van der Waals surface area contributed by atoms with Gasteiger partial charge in [-0.3, -0.25) is 9.97 Å². The number of hydrogen-bond acceptors (Lipinski definition) is 4. The molecule has 0 radical (unpaired) electrons. The van der Waals surface area contributed by atoms with Gasteiger partial charge >= 0.3 is 0 Å². The number of hydrogen-bond donors (Lipinski definition) is 1. The van der Waals surface area contributed by atoms with E-state index in [1.165, 1.54) is 5.56 Å². The fourth-order valence-electron chi connectivity index (χ4n) is 2.16. The van der Waals surface area contributed by atoms with Crippen LogP contribution in [0.2, 0.25) is 0 Å². The predicted molar refractivity (Wildman–Crippen MR) is 83.6 cm³/mol. The van der Waals surface area contributed by atoms with Crippen LogP contribution in [0.3, 0.4) is 0 Å². The number of nitrogens with zero attached hydrogens (tertiary/aromatic N) is 3. The van der Waals surface area contributed by atoms with Gasteiger partial charge in [0.1, 0.15) is 0 Å². The Bertz CT molecular complexity index is 539. The lowest BCUT2D eigenvalue weighted by atomic mass is 10.2. The molecule has 0 amide bonds. The third-order valence-corrected chi connectivity index (χ3v) is 3.21. The van der Waals surface area contributed by atoms with Gasteiger partial charge in [0.2, 0.25) is 0 Å². The fraction of sp³-hybridized carbons (Fsp3) is 0.500. The molecule has 4 nitrogen and oxygen atoms in total. The van der Waals surface area contributed by atoms with Crippen LogP contribution in [0, 0.1) is 5.92 Å². The Morgan fingerprint density at radius 3 is 2.65 bits per heavy atom. The number of rotatable bonds is 7. The maximum absolute atomic E-state index is 4.35. The van der Waals surface area contributed by atoms with E-state index in [1.54, 1.807) is 12.4 Å². The van der Waals surface area contributed by atoms with E-state index in [9.17, 15) is 0 Å². The van der Waals surface area contributed by atoms with Gasteiger partial charge in [-0.05, 0) is 37.2 Å². The molecule has 0 bridgehead atoms. The fourth-order valence-corrected chi connectivity index (χ4v) is 2.16. The molecule has 0 fully saturated rings. The van der Waals surface area contributed by atoms with Crippen molar-refractivity contribution in [1.29, 1.82) is 0 Å². The van der Waals surface area contributed by atoms with Crippen LogP contribution in [-0.4, -0.2) is 41.5 Å². The highest BCUT2D eigenvalue weighted by atomic mass is 15.1. The summed E-state index contributed by atoms with van der Waals surface area (Å²) in [6, 6.07) is 6.30. The first-order chi connectivity index (χ1) is 9.65. The molecule has 0 aliphatic carbocycles. The molecule has 0 saturated heterocycles. The summed E-state index contributed by atoms with van der Waals surface area (Å²) in [6.45, 7) is 8.56. The number of fused-ring (bicyclic) bond motifs is 1. The van der Waals surface area contributed by atoms with Crippen LogP contribution in [-0.2, 0) is 6.54 Å². The number of nitrogens with one attached hydrogen (secondary N) is 1. The van der Waals surface area contributed by atoms with Crippen LogP contribution >= 0.6 is 0 Å². The lowest BCUT2D eigenvalue weighted by Crippen LogP contribution is -2.30. The second-order valence-electron chi connectivity index (χ2n) is 5.72. The molecule has 2 rings (SSSR count). The monoisotopic (exact) mass is 272 g/mol. The molecule has 0 aliphatic rings. The zero-order valence-corrected chi connectivity index (χ0v) is 12.6. The molecule has 0 spiro atoms. The van der Waals surface area contributed by atoms with Crippen molar-refractivity contribution in [3.8, 4) is 0 Å². The van der Waals surface area contributed by atoms with Gasteiger partial charge in [0.25, 0.3) is 0 Å². The van der Waals surface area contributed by atoms with Crippen LogP contribution < -0.4 is 5.32 Å². The van der Waals surface area contributed by atoms with Crippen molar-refractivity contribution in [3.63, 3.8) is 0 Å². The van der Waals surface area contributed by atoms with Gasteiger partial charge in [-0.25, -0.2) is 0 Å². The van der Waals surface area contributed by atoms with E-state index >= 15 is 0 Å². The van der Waals surface area contributed by atoms with E-state index in [0.717, 1.165) is 37.2 Å². The Balaban J connectivity index is 1.84. The highest BCUT2D eigenvalue weighted by Gasteiger charge is 2.03. The first kappa shape index (κ1) is 14.9. The van der Waals surface area contributed by atoms with Gasteiger partial charge < -0.3 is 10.2 Å². The molecule has 1 heterocycles. The van der Waals surface area contributed by atoms with Gasteiger partial charge in [-0.2, -0.15) is 0 Å². The molecule has 0 aliphatic heterocycles. The summed E-state index contributed by atoms with van der Waals surface area (Å²) in [5, 5.41) is 3.47. The second kappa shape index (κ2) is 7.31. The molecule has 0 saturated carbocycles. The van der Waals surface area contributed by atoms with Crippen molar-refractivity contribution in [2.45, 2.75) is 20.4 Å². The van der Waals surface area contributed by atoms with Gasteiger partial charge in [0.05, 0.1) is 11.0 Å². The maximum Gasteiger partial charge on any atom is 0.0890 e. The smallest absolute Gasteiger partial charge is 0.0890 e. The summed E-state index contributed by atoms with van der Waals surface area (Å²) in [4.78, 5) is 11.0. The van der Waals surface area contributed by atoms with Crippen molar-refractivity contribution in [3.05, 3.63) is 36.2 Å². The lowest BCUT2D eigenvalue weighted by molar-refractivity contribution is 0.322. The second-order valence-corrected chi connectivity index (χ2v) is 5.72. The van der Waals surface area contributed by atoms with E-state index in [-0.39, 0.29) is 0 Å².